The number of carbonyl (C=O) groups is 1. The molecule has 0 radical (unpaired) electrons. The molecule has 0 aliphatic rings. The summed E-state index contributed by atoms with van der Waals surface area (Å²) >= 11 is 3.36. The number of rotatable bonds is 6. The maximum Gasteiger partial charge on any atom is 0.201 e. The topological polar surface area (TPSA) is 35.5 Å². The van der Waals surface area contributed by atoms with E-state index in [1.165, 1.54) is 0 Å². The molecule has 0 heterocycles. The van der Waals surface area contributed by atoms with Crippen molar-refractivity contribution in [1.82, 2.24) is 0 Å². The highest BCUT2D eigenvalue weighted by atomic mass is 79.9. The molecule has 0 aromatic heterocycles. The molecule has 20 heavy (non-hydrogen) atoms. The van der Waals surface area contributed by atoms with Gasteiger partial charge in [-0.25, -0.2) is 0 Å². The van der Waals surface area contributed by atoms with Crippen molar-refractivity contribution >= 4 is 21.7 Å². The van der Waals surface area contributed by atoms with E-state index in [1.54, 1.807) is 18.2 Å². The van der Waals surface area contributed by atoms with Crippen LogP contribution in [0.15, 0.2) is 53.0 Å². The fourth-order valence-corrected chi connectivity index (χ4v) is 2.22. The maximum absolute atomic E-state index is 12.0. The molecule has 0 aliphatic heterocycles. The van der Waals surface area contributed by atoms with E-state index >= 15 is 0 Å². The predicted octanol–water partition coefficient (Wildman–Crippen LogP) is 4.11. The Bertz CT molecular complexity index is 579. The Kier molecular flexibility index (Phi) is 5.18. The molecule has 0 aliphatic carbocycles. The predicted molar refractivity (Wildman–Crippen MR) is 81.6 cm³/mol. The zero-order chi connectivity index (χ0) is 14.4. The lowest BCUT2D eigenvalue weighted by atomic mass is 10.1. The van der Waals surface area contributed by atoms with Gasteiger partial charge in [0.25, 0.3) is 0 Å². The number of Topliss-reactive ketones (excluding diaryl/α,β-unsaturated/α-hetero) is 1. The Morgan fingerprint density at radius 2 is 1.60 bits per heavy atom. The van der Waals surface area contributed by atoms with Crippen LogP contribution in [0, 0.1) is 0 Å². The minimum absolute atomic E-state index is 0.0105. The zero-order valence-electron chi connectivity index (χ0n) is 11.1. The molecule has 4 heteroatoms. The first-order valence-corrected chi connectivity index (χ1v) is 7.13. The van der Waals surface area contributed by atoms with E-state index in [0.29, 0.717) is 17.9 Å². The molecule has 0 fully saturated rings. The Labute approximate surface area is 126 Å². The molecule has 104 valence electrons. The van der Waals surface area contributed by atoms with E-state index in [1.807, 2.05) is 37.3 Å². The monoisotopic (exact) mass is 334 g/mol. The van der Waals surface area contributed by atoms with Gasteiger partial charge in [0.15, 0.2) is 6.61 Å². The summed E-state index contributed by atoms with van der Waals surface area (Å²) in [5, 5.41) is 0. The minimum atomic E-state index is -0.0636. The first kappa shape index (κ1) is 14.6. The highest BCUT2D eigenvalue weighted by Gasteiger charge is 2.10. The minimum Gasteiger partial charge on any atom is -0.494 e. The van der Waals surface area contributed by atoms with Gasteiger partial charge in [-0.05, 0) is 37.3 Å². The Morgan fingerprint density at radius 3 is 2.20 bits per heavy atom. The summed E-state index contributed by atoms with van der Waals surface area (Å²) in [5.41, 5.74) is 0.624. The summed E-state index contributed by atoms with van der Waals surface area (Å²) in [6, 6.07) is 14.5. The first-order valence-electron chi connectivity index (χ1n) is 6.34. The van der Waals surface area contributed by atoms with Crippen LogP contribution in [0.4, 0.5) is 0 Å². The summed E-state index contributed by atoms with van der Waals surface area (Å²) in [6.45, 7) is 2.57. The van der Waals surface area contributed by atoms with Gasteiger partial charge in [0, 0.05) is 10.0 Å². The van der Waals surface area contributed by atoms with Gasteiger partial charge in [0.05, 0.1) is 6.61 Å². The molecule has 0 saturated heterocycles. The molecule has 2 rings (SSSR count). The molecule has 0 unspecified atom stereocenters. The molecular weight excluding hydrogens is 320 g/mol. The SMILES string of the molecule is CCOc1ccc(OCC(=O)c2ccccc2Br)cc1. The van der Waals surface area contributed by atoms with E-state index in [2.05, 4.69) is 15.9 Å². The number of halogens is 1. The maximum atomic E-state index is 12.0. The highest BCUT2D eigenvalue weighted by Crippen LogP contribution is 2.19. The molecule has 0 amide bonds. The molecule has 0 spiro atoms. The number of ketones is 1. The third-order valence-electron chi connectivity index (χ3n) is 2.68. The molecule has 2 aromatic rings. The number of hydrogen-bond acceptors (Lipinski definition) is 3. The molecule has 3 nitrogen and oxygen atoms in total. The van der Waals surface area contributed by atoms with Crippen molar-refractivity contribution in [2.45, 2.75) is 6.92 Å². The van der Waals surface area contributed by atoms with Gasteiger partial charge >= 0.3 is 0 Å². The van der Waals surface area contributed by atoms with Crippen molar-refractivity contribution in [2.24, 2.45) is 0 Å². The van der Waals surface area contributed by atoms with Gasteiger partial charge < -0.3 is 9.47 Å². The number of hydrogen-bond donors (Lipinski definition) is 0. The summed E-state index contributed by atoms with van der Waals surface area (Å²) in [5.74, 6) is 1.37. The quantitative estimate of drug-likeness (QED) is 0.746. The van der Waals surface area contributed by atoms with Crippen molar-refractivity contribution in [2.75, 3.05) is 13.2 Å². The van der Waals surface area contributed by atoms with Crippen LogP contribution in [-0.2, 0) is 0 Å². The van der Waals surface area contributed by atoms with Crippen LogP contribution < -0.4 is 9.47 Å². The Hall–Kier alpha value is -1.81. The number of carbonyl (C=O) groups excluding carboxylic acids is 1. The van der Waals surface area contributed by atoms with Crippen LogP contribution in [-0.4, -0.2) is 19.0 Å². The second-order valence-corrected chi connectivity index (χ2v) is 4.95. The molecule has 2 aromatic carbocycles. The average Bonchev–Trinajstić information content (AvgIpc) is 2.47. The molecular formula is C16H15BrO3. The van der Waals surface area contributed by atoms with Gasteiger partial charge in [0.1, 0.15) is 11.5 Å². The zero-order valence-corrected chi connectivity index (χ0v) is 12.7. The second-order valence-electron chi connectivity index (χ2n) is 4.10. The third kappa shape index (κ3) is 3.84. The highest BCUT2D eigenvalue weighted by molar-refractivity contribution is 9.10. The van der Waals surface area contributed by atoms with Gasteiger partial charge in [-0.1, -0.05) is 34.1 Å². The first-order chi connectivity index (χ1) is 9.70. The van der Waals surface area contributed by atoms with Crippen molar-refractivity contribution < 1.29 is 14.3 Å². The van der Waals surface area contributed by atoms with E-state index in [-0.39, 0.29) is 12.4 Å². The van der Waals surface area contributed by atoms with Crippen LogP contribution in [0.25, 0.3) is 0 Å². The summed E-state index contributed by atoms with van der Waals surface area (Å²) in [4.78, 5) is 12.0. The van der Waals surface area contributed by atoms with E-state index in [4.69, 9.17) is 9.47 Å². The number of benzene rings is 2. The third-order valence-corrected chi connectivity index (χ3v) is 3.37. The fourth-order valence-electron chi connectivity index (χ4n) is 1.71. The smallest absolute Gasteiger partial charge is 0.201 e. The van der Waals surface area contributed by atoms with E-state index < -0.39 is 0 Å². The normalized spacial score (nSPS) is 10.1. The largest absolute Gasteiger partial charge is 0.494 e. The van der Waals surface area contributed by atoms with E-state index in [0.717, 1.165) is 10.2 Å². The van der Waals surface area contributed by atoms with Crippen LogP contribution >= 0.6 is 15.9 Å². The second kappa shape index (κ2) is 7.10. The molecule has 0 bridgehead atoms. The fraction of sp³-hybridized carbons (Fsp3) is 0.188. The van der Waals surface area contributed by atoms with E-state index in [9.17, 15) is 4.79 Å². The van der Waals surface area contributed by atoms with Crippen LogP contribution in [0.2, 0.25) is 0 Å². The van der Waals surface area contributed by atoms with Gasteiger partial charge in [-0.2, -0.15) is 0 Å². The van der Waals surface area contributed by atoms with Gasteiger partial charge in [-0.15, -0.1) is 0 Å². The average molecular weight is 335 g/mol. The summed E-state index contributed by atoms with van der Waals surface area (Å²) < 4.78 is 11.6. The lowest BCUT2D eigenvalue weighted by Gasteiger charge is -2.08. The summed E-state index contributed by atoms with van der Waals surface area (Å²) in [7, 11) is 0. The van der Waals surface area contributed by atoms with Crippen molar-refractivity contribution in [3.8, 4) is 11.5 Å². The van der Waals surface area contributed by atoms with Crippen LogP contribution in [0.5, 0.6) is 11.5 Å². The van der Waals surface area contributed by atoms with Crippen molar-refractivity contribution in [3.05, 3.63) is 58.6 Å². The van der Waals surface area contributed by atoms with Gasteiger partial charge in [-0.3, -0.25) is 4.79 Å². The van der Waals surface area contributed by atoms with Gasteiger partial charge in [0.2, 0.25) is 5.78 Å². The van der Waals surface area contributed by atoms with Crippen LogP contribution in [0.3, 0.4) is 0 Å². The molecule has 0 N–H and O–H groups in total. The Balaban J connectivity index is 1.95. The number of ether oxygens (including phenoxy) is 2. The van der Waals surface area contributed by atoms with Crippen LogP contribution in [0.1, 0.15) is 17.3 Å². The van der Waals surface area contributed by atoms with Crippen molar-refractivity contribution in [3.63, 3.8) is 0 Å². The lowest BCUT2D eigenvalue weighted by Crippen LogP contribution is -2.12. The molecule has 0 atom stereocenters. The standard InChI is InChI=1S/C16H15BrO3/c1-2-19-12-7-9-13(10-8-12)20-11-16(18)14-5-3-4-6-15(14)17/h3-10H,2,11H2,1H3. The van der Waals surface area contributed by atoms with Crippen molar-refractivity contribution in [1.29, 1.82) is 0 Å². The Morgan fingerprint density at radius 1 is 1.00 bits per heavy atom. The summed E-state index contributed by atoms with van der Waals surface area (Å²) in [6.07, 6.45) is 0. The lowest BCUT2D eigenvalue weighted by molar-refractivity contribution is 0.0920. The molecule has 0 saturated carbocycles.